The lowest BCUT2D eigenvalue weighted by Gasteiger charge is -2.42. The highest BCUT2D eigenvalue weighted by molar-refractivity contribution is 5.78. The number of nitrogens with zero attached hydrogens (tertiary/aromatic N) is 4. The van der Waals surface area contributed by atoms with Crippen molar-refractivity contribution in [1.82, 2.24) is 19.8 Å². The Morgan fingerprint density at radius 2 is 2.05 bits per heavy atom. The minimum absolute atomic E-state index is 0.111. The van der Waals surface area contributed by atoms with Crippen LogP contribution in [0.2, 0.25) is 0 Å². The van der Waals surface area contributed by atoms with Crippen molar-refractivity contribution >= 4 is 5.91 Å². The third-order valence-electron chi connectivity index (χ3n) is 3.68. The smallest absolute Gasteiger partial charge is 0.227 e. The lowest BCUT2D eigenvalue weighted by molar-refractivity contribution is -0.133. The van der Waals surface area contributed by atoms with Gasteiger partial charge in [-0.25, -0.2) is 9.97 Å². The van der Waals surface area contributed by atoms with Crippen LogP contribution in [0.25, 0.3) is 0 Å². The Hall–Kier alpha value is -1.53. The maximum absolute atomic E-state index is 12.3. The first-order valence-electron chi connectivity index (χ1n) is 7.33. The molecule has 1 aliphatic heterocycles. The summed E-state index contributed by atoms with van der Waals surface area (Å²) in [5.74, 6) is 0.111. The van der Waals surface area contributed by atoms with Gasteiger partial charge in [-0.2, -0.15) is 0 Å². The van der Waals surface area contributed by atoms with Crippen LogP contribution >= 0.6 is 0 Å². The van der Waals surface area contributed by atoms with Crippen LogP contribution in [-0.2, 0) is 11.2 Å². The quantitative estimate of drug-likeness (QED) is 0.865. The summed E-state index contributed by atoms with van der Waals surface area (Å²) >= 11 is 0. The second-order valence-electron chi connectivity index (χ2n) is 6.40. The lowest BCUT2D eigenvalue weighted by atomic mass is 10.1. The van der Waals surface area contributed by atoms with E-state index in [9.17, 15) is 9.90 Å². The molecule has 1 aromatic rings. The molecule has 1 N–H and O–H groups in total. The van der Waals surface area contributed by atoms with E-state index in [4.69, 9.17) is 0 Å². The fourth-order valence-corrected chi connectivity index (χ4v) is 2.66. The van der Waals surface area contributed by atoms with Crippen molar-refractivity contribution in [2.75, 3.05) is 26.2 Å². The zero-order valence-corrected chi connectivity index (χ0v) is 13.0. The molecule has 0 spiro atoms. The number of aliphatic hydroxyl groups is 1. The Morgan fingerprint density at radius 1 is 1.38 bits per heavy atom. The monoisotopic (exact) mass is 292 g/mol. The molecule has 6 heteroatoms. The average Bonchev–Trinajstić information content (AvgIpc) is 2.40. The SMILES string of the molecule is CC1CN(C(=O)Cc2cncnc2)CCN1CC(C)(C)O. The van der Waals surface area contributed by atoms with E-state index in [1.807, 2.05) is 18.7 Å². The molecule has 6 nitrogen and oxygen atoms in total. The standard InChI is InChI=1S/C15H24N4O2/c1-12-9-18(4-5-19(12)10-15(2,3)21)14(20)6-13-7-16-11-17-8-13/h7-8,11-12,21H,4-6,9-10H2,1-3H3. The molecule has 2 heterocycles. The average molecular weight is 292 g/mol. The van der Waals surface area contributed by atoms with Gasteiger partial charge in [-0.1, -0.05) is 0 Å². The fourth-order valence-electron chi connectivity index (χ4n) is 2.66. The number of amides is 1. The molecule has 1 atom stereocenters. The van der Waals surface area contributed by atoms with Crippen LogP contribution in [0.3, 0.4) is 0 Å². The van der Waals surface area contributed by atoms with Gasteiger partial charge in [0.1, 0.15) is 6.33 Å². The van der Waals surface area contributed by atoms with Crippen molar-refractivity contribution in [3.63, 3.8) is 0 Å². The molecule has 1 fully saturated rings. The van der Waals surface area contributed by atoms with Crippen molar-refractivity contribution in [2.45, 2.75) is 38.8 Å². The van der Waals surface area contributed by atoms with Crippen LogP contribution in [0.4, 0.5) is 0 Å². The Morgan fingerprint density at radius 3 is 2.62 bits per heavy atom. The number of rotatable bonds is 4. The first-order chi connectivity index (χ1) is 9.85. The number of carbonyl (C=O) groups excluding carboxylic acids is 1. The molecule has 2 rings (SSSR count). The summed E-state index contributed by atoms with van der Waals surface area (Å²) < 4.78 is 0. The Balaban J connectivity index is 1.88. The van der Waals surface area contributed by atoms with Gasteiger partial charge in [-0.05, 0) is 26.3 Å². The topological polar surface area (TPSA) is 69.6 Å². The molecule has 1 aliphatic rings. The maximum atomic E-state index is 12.3. The Kier molecular flexibility index (Phi) is 4.90. The van der Waals surface area contributed by atoms with E-state index in [-0.39, 0.29) is 11.9 Å². The van der Waals surface area contributed by atoms with Crippen molar-refractivity contribution < 1.29 is 9.90 Å². The fraction of sp³-hybridized carbons (Fsp3) is 0.667. The molecule has 0 radical (unpaired) electrons. The molecule has 1 saturated heterocycles. The zero-order valence-electron chi connectivity index (χ0n) is 13.0. The van der Waals surface area contributed by atoms with E-state index in [0.29, 0.717) is 26.1 Å². The molecule has 0 saturated carbocycles. The summed E-state index contributed by atoms with van der Waals surface area (Å²) in [6.45, 7) is 8.54. The van der Waals surface area contributed by atoms with Gasteiger partial charge in [-0.15, -0.1) is 0 Å². The summed E-state index contributed by atoms with van der Waals surface area (Å²) in [4.78, 5) is 24.3. The van der Waals surface area contributed by atoms with Gasteiger partial charge in [0.2, 0.25) is 5.91 Å². The number of hydrogen-bond acceptors (Lipinski definition) is 5. The maximum Gasteiger partial charge on any atom is 0.227 e. The highest BCUT2D eigenvalue weighted by Gasteiger charge is 2.29. The lowest BCUT2D eigenvalue weighted by Crippen LogP contribution is -2.56. The second-order valence-corrected chi connectivity index (χ2v) is 6.40. The number of β-amino-alcohol motifs (C(OH)–C–C–N with tert-alkyl or cyclic N) is 1. The van der Waals surface area contributed by atoms with Crippen molar-refractivity contribution in [2.24, 2.45) is 0 Å². The van der Waals surface area contributed by atoms with Gasteiger partial charge >= 0.3 is 0 Å². The van der Waals surface area contributed by atoms with Crippen molar-refractivity contribution in [3.8, 4) is 0 Å². The summed E-state index contributed by atoms with van der Waals surface area (Å²) in [5, 5.41) is 9.92. The second kappa shape index (κ2) is 6.49. The van der Waals surface area contributed by atoms with Crippen LogP contribution in [0.15, 0.2) is 18.7 Å². The van der Waals surface area contributed by atoms with Crippen molar-refractivity contribution in [3.05, 3.63) is 24.3 Å². The predicted molar refractivity (Wildman–Crippen MR) is 79.6 cm³/mol. The largest absolute Gasteiger partial charge is 0.389 e. The number of piperazine rings is 1. The van der Waals surface area contributed by atoms with Gasteiger partial charge in [0, 0.05) is 44.6 Å². The minimum Gasteiger partial charge on any atom is -0.389 e. The predicted octanol–water partition coefficient (Wildman–Crippen LogP) is 0.323. The van der Waals surface area contributed by atoms with Gasteiger partial charge in [0.25, 0.3) is 0 Å². The van der Waals surface area contributed by atoms with Gasteiger partial charge in [-0.3, -0.25) is 9.69 Å². The van der Waals surface area contributed by atoms with E-state index in [1.165, 1.54) is 6.33 Å². The summed E-state index contributed by atoms with van der Waals surface area (Å²) in [6, 6.07) is 0.251. The first kappa shape index (κ1) is 15.9. The van der Waals surface area contributed by atoms with Crippen LogP contribution < -0.4 is 0 Å². The molecule has 1 aromatic heterocycles. The third-order valence-corrected chi connectivity index (χ3v) is 3.68. The van der Waals surface area contributed by atoms with Crippen LogP contribution in [0, 0.1) is 0 Å². The molecule has 0 bridgehead atoms. The highest BCUT2D eigenvalue weighted by Crippen LogP contribution is 2.14. The summed E-state index contributed by atoms with van der Waals surface area (Å²) in [7, 11) is 0. The number of hydrogen-bond donors (Lipinski definition) is 1. The number of carbonyl (C=O) groups is 1. The molecule has 116 valence electrons. The third kappa shape index (κ3) is 4.75. The minimum atomic E-state index is -0.707. The van der Waals surface area contributed by atoms with E-state index < -0.39 is 5.60 Å². The van der Waals surface area contributed by atoms with E-state index in [0.717, 1.165) is 12.1 Å². The molecule has 1 amide bonds. The highest BCUT2D eigenvalue weighted by atomic mass is 16.3. The first-order valence-corrected chi connectivity index (χ1v) is 7.33. The molecular formula is C15H24N4O2. The zero-order chi connectivity index (χ0) is 15.5. The van der Waals surface area contributed by atoms with Gasteiger partial charge in [0.05, 0.1) is 12.0 Å². The van der Waals surface area contributed by atoms with Crippen LogP contribution in [-0.4, -0.2) is 68.6 Å². The molecule has 1 unspecified atom stereocenters. The van der Waals surface area contributed by atoms with E-state index in [1.54, 1.807) is 12.4 Å². The summed E-state index contributed by atoms with van der Waals surface area (Å²) in [6.07, 6.45) is 5.17. The van der Waals surface area contributed by atoms with Gasteiger partial charge in [0.15, 0.2) is 0 Å². The Bertz CT molecular complexity index is 472. The van der Waals surface area contributed by atoms with Crippen molar-refractivity contribution in [1.29, 1.82) is 0 Å². The van der Waals surface area contributed by atoms with E-state index >= 15 is 0 Å². The summed E-state index contributed by atoms with van der Waals surface area (Å²) in [5.41, 5.74) is 0.135. The molecule has 0 aliphatic carbocycles. The van der Waals surface area contributed by atoms with Crippen LogP contribution in [0.1, 0.15) is 26.3 Å². The van der Waals surface area contributed by atoms with Gasteiger partial charge < -0.3 is 10.0 Å². The molecule has 21 heavy (non-hydrogen) atoms. The normalized spacial score (nSPS) is 20.6. The van der Waals surface area contributed by atoms with E-state index in [2.05, 4.69) is 21.8 Å². The van der Waals surface area contributed by atoms with Crippen LogP contribution in [0.5, 0.6) is 0 Å². The number of aromatic nitrogens is 2. The molecule has 0 aromatic carbocycles. The molecular weight excluding hydrogens is 268 g/mol. The Labute approximate surface area is 125 Å².